The van der Waals surface area contributed by atoms with Gasteiger partial charge in [-0.15, -0.1) is 0 Å². The molecule has 2 heterocycles. The van der Waals surface area contributed by atoms with Crippen molar-refractivity contribution in [1.29, 1.82) is 0 Å². The summed E-state index contributed by atoms with van der Waals surface area (Å²) in [5.41, 5.74) is 1.14. The van der Waals surface area contributed by atoms with Crippen LogP contribution in [0.5, 0.6) is 0 Å². The number of benzene rings is 2. The first-order valence-electron chi connectivity index (χ1n) is 11.5. The van der Waals surface area contributed by atoms with Crippen LogP contribution < -0.4 is 4.90 Å². The van der Waals surface area contributed by atoms with Gasteiger partial charge in [0.05, 0.1) is 39.9 Å². The molecule has 1 saturated carbocycles. The van der Waals surface area contributed by atoms with Crippen LogP contribution in [0.2, 0.25) is 0 Å². The third-order valence-corrected chi connectivity index (χ3v) is 7.27. The fourth-order valence-electron chi connectivity index (χ4n) is 5.54. The van der Waals surface area contributed by atoms with Gasteiger partial charge in [0.2, 0.25) is 11.8 Å². The van der Waals surface area contributed by atoms with Gasteiger partial charge in [-0.05, 0) is 43.2 Å². The van der Waals surface area contributed by atoms with Crippen molar-refractivity contribution >= 4 is 51.5 Å². The number of hydrogen-bond acceptors (Lipinski definition) is 6. The van der Waals surface area contributed by atoms with Crippen LogP contribution in [0.15, 0.2) is 48.5 Å². The largest absolute Gasteiger partial charge is 0.506 e. The van der Waals surface area contributed by atoms with E-state index in [-0.39, 0.29) is 57.4 Å². The number of Topliss-reactive ketones (excluding diaryl/α,β-unsaturated/α-hetero) is 1. The molecule has 0 radical (unpaired) electrons. The Balaban J connectivity index is 1.48. The Hall–Kier alpha value is -4.33. The first-order valence-corrected chi connectivity index (χ1v) is 11.5. The van der Waals surface area contributed by atoms with Crippen LogP contribution in [0.1, 0.15) is 57.7 Å². The molecule has 2 amide bonds. The number of aromatic nitrogens is 1. The van der Waals surface area contributed by atoms with E-state index >= 15 is 0 Å². The molecule has 1 aromatic heterocycles. The number of carboxylic acids is 1. The van der Waals surface area contributed by atoms with Crippen LogP contribution in [0, 0.1) is 11.8 Å². The van der Waals surface area contributed by atoms with Gasteiger partial charge in [0.1, 0.15) is 5.76 Å². The quantitative estimate of drug-likeness (QED) is 0.551. The number of imide groups is 1. The number of aliphatic hydroxyl groups is 1. The molecule has 3 aromatic rings. The number of carbonyl (C=O) groups is 4. The molecular formula is C27H20N2O6. The molecule has 2 N–H and O–H groups in total. The number of amides is 2. The predicted octanol–water partition coefficient (Wildman–Crippen LogP) is 4.24. The summed E-state index contributed by atoms with van der Waals surface area (Å²) >= 11 is 0. The van der Waals surface area contributed by atoms with E-state index in [0.717, 1.165) is 12.8 Å². The fourth-order valence-corrected chi connectivity index (χ4v) is 5.54. The molecule has 2 fully saturated rings. The third-order valence-electron chi connectivity index (χ3n) is 7.27. The number of aromatic carboxylic acids is 1. The third kappa shape index (κ3) is 3.02. The van der Waals surface area contributed by atoms with Crippen molar-refractivity contribution in [3.05, 3.63) is 70.9 Å². The molecule has 2 atom stereocenters. The zero-order valence-electron chi connectivity index (χ0n) is 18.5. The molecular weight excluding hydrogens is 448 g/mol. The fraction of sp³-hybridized carbons (Fsp3) is 0.222. The van der Waals surface area contributed by atoms with E-state index in [9.17, 15) is 29.4 Å². The molecule has 2 unspecified atom stereocenters. The molecule has 8 heteroatoms. The second-order valence-electron chi connectivity index (χ2n) is 9.17. The number of pyridine rings is 1. The minimum atomic E-state index is -1.17. The topological polar surface area (TPSA) is 125 Å². The van der Waals surface area contributed by atoms with Gasteiger partial charge in [-0.25, -0.2) is 14.7 Å². The number of para-hydroxylation sites is 1. The summed E-state index contributed by atoms with van der Waals surface area (Å²) in [5, 5.41) is 20.8. The maximum absolute atomic E-state index is 13.2. The Labute approximate surface area is 199 Å². The zero-order valence-corrected chi connectivity index (χ0v) is 18.5. The van der Waals surface area contributed by atoms with Crippen LogP contribution in [-0.4, -0.2) is 38.8 Å². The Morgan fingerprint density at radius 2 is 1.63 bits per heavy atom. The van der Waals surface area contributed by atoms with E-state index in [0.29, 0.717) is 29.4 Å². The first kappa shape index (κ1) is 21.2. The van der Waals surface area contributed by atoms with Gasteiger partial charge in [-0.2, -0.15) is 0 Å². The monoisotopic (exact) mass is 468 g/mol. The van der Waals surface area contributed by atoms with Crippen molar-refractivity contribution in [3.8, 4) is 0 Å². The molecule has 1 saturated heterocycles. The lowest BCUT2D eigenvalue weighted by molar-refractivity contribution is -0.122. The van der Waals surface area contributed by atoms with Gasteiger partial charge < -0.3 is 10.2 Å². The standard InChI is InChI=1S/C27H20N2O6/c30-23-15-10-8-14(27(34)35)12-18(15)24(31)21(23)19-11-9-13-4-3-7-20(22(13)28-19)29-25(32)16-5-1-2-6-17(16)26(29)33/h3-4,7-12,16-17,31H,1-2,5-6H2,(H,34,35). The van der Waals surface area contributed by atoms with Crippen molar-refractivity contribution in [2.24, 2.45) is 11.8 Å². The Morgan fingerprint density at radius 1 is 0.914 bits per heavy atom. The number of hydrogen-bond donors (Lipinski definition) is 2. The lowest BCUT2D eigenvalue weighted by Gasteiger charge is -2.19. The molecule has 35 heavy (non-hydrogen) atoms. The summed E-state index contributed by atoms with van der Waals surface area (Å²) in [6, 6.07) is 12.5. The average molecular weight is 468 g/mol. The number of carbonyl (C=O) groups excluding carboxylic acids is 3. The van der Waals surface area contributed by atoms with Gasteiger partial charge >= 0.3 is 5.97 Å². The molecule has 0 spiro atoms. The highest BCUT2D eigenvalue weighted by atomic mass is 16.4. The van der Waals surface area contributed by atoms with Crippen molar-refractivity contribution < 1.29 is 29.4 Å². The molecule has 2 aromatic carbocycles. The highest BCUT2D eigenvalue weighted by Crippen LogP contribution is 2.42. The van der Waals surface area contributed by atoms with Crippen molar-refractivity contribution in [1.82, 2.24) is 4.98 Å². The number of fused-ring (bicyclic) bond motifs is 3. The number of aliphatic hydroxyl groups excluding tert-OH is 1. The van der Waals surface area contributed by atoms with E-state index < -0.39 is 11.8 Å². The summed E-state index contributed by atoms with van der Waals surface area (Å²) in [6.07, 6.45) is 3.24. The van der Waals surface area contributed by atoms with Crippen molar-refractivity contribution in [2.45, 2.75) is 25.7 Å². The maximum atomic E-state index is 13.2. The molecule has 1 aliphatic heterocycles. The summed E-state index contributed by atoms with van der Waals surface area (Å²) in [4.78, 5) is 56.7. The van der Waals surface area contributed by atoms with Crippen LogP contribution in [-0.2, 0) is 9.59 Å². The van der Waals surface area contributed by atoms with Gasteiger partial charge in [-0.3, -0.25) is 14.4 Å². The average Bonchev–Trinajstić information content (AvgIpc) is 3.27. The van der Waals surface area contributed by atoms with E-state index in [1.807, 2.05) is 0 Å². The smallest absolute Gasteiger partial charge is 0.335 e. The van der Waals surface area contributed by atoms with E-state index in [1.165, 1.54) is 23.1 Å². The van der Waals surface area contributed by atoms with Crippen LogP contribution >= 0.6 is 0 Å². The van der Waals surface area contributed by atoms with Crippen LogP contribution in [0.3, 0.4) is 0 Å². The van der Waals surface area contributed by atoms with Crippen LogP contribution in [0.4, 0.5) is 5.69 Å². The van der Waals surface area contributed by atoms with Gasteiger partial charge in [0.15, 0.2) is 5.78 Å². The zero-order chi connectivity index (χ0) is 24.4. The normalized spacial score (nSPS) is 21.6. The summed E-state index contributed by atoms with van der Waals surface area (Å²) in [7, 11) is 0. The molecule has 3 aliphatic rings. The number of carboxylic acid groups (broad SMARTS) is 1. The predicted molar refractivity (Wildman–Crippen MR) is 127 cm³/mol. The number of anilines is 1. The van der Waals surface area contributed by atoms with E-state index in [4.69, 9.17) is 0 Å². The molecule has 8 nitrogen and oxygen atoms in total. The summed E-state index contributed by atoms with van der Waals surface area (Å²) in [5.74, 6) is -3.05. The van der Waals surface area contributed by atoms with E-state index in [2.05, 4.69) is 4.98 Å². The number of allylic oxidation sites excluding steroid dienone is 1. The van der Waals surface area contributed by atoms with Crippen molar-refractivity contribution in [3.63, 3.8) is 0 Å². The summed E-state index contributed by atoms with van der Waals surface area (Å²) < 4.78 is 0. The first-order chi connectivity index (χ1) is 16.9. The Kier molecular flexibility index (Phi) is 4.60. The summed E-state index contributed by atoms with van der Waals surface area (Å²) in [6.45, 7) is 0. The maximum Gasteiger partial charge on any atom is 0.335 e. The second-order valence-corrected chi connectivity index (χ2v) is 9.17. The number of ketones is 1. The Bertz CT molecular complexity index is 1500. The number of rotatable bonds is 3. The van der Waals surface area contributed by atoms with Crippen LogP contribution in [0.25, 0.3) is 22.2 Å². The van der Waals surface area contributed by atoms with Gasteiger partial charge in [0.25, 0.3) is 0 Å². The highest BCUT2D eigenvalue weighted by Gasteiger charge is 2.49. The highest BCUT2D eigenvalue weighted by molar-refractivity contribution is 6.39. The molecule has 6 rings (SSSR count). The SMILES string of the molecule is O=C(O)c1ccc2c(c1)C(O)=C(c1ccc3cccc(N4C(=O)C5CCCCC5C4=O)c3n1)C2=O. The van der Waals surface area contributed by atoms with Crippen molar-refractivity contribution in [2.75, 3.05) is 4.90 Å². The Morgan fingerprint density at radius 3 is 2.31 bits per heavy atom. The lowest BCUT2D eigenvalue weighted by Crippen LogP contribution is -2.31. The second kappa shape index (κ2) is 7.59. The lowest BCUT2D eigenvalue weighted by atomic mass is 9.81. The molecule has 174 valence electrons. The van der Waals surface area contributed by atoms with Gasteiger partial charge in [-0.1, -0.05) is 31.0 Å². The molecule has 0 bridgehead atoms. The number of nitrogens with zero attached hydrogens (tertiary/aromatic N) is 2. The molecule has 2 aliphatic carbocycles. The minimum Gasteiger partial charge on any atom is -0.506 e. The van der Waals surface area contributed by atoms with E-state index in [1.54, 1.807) is 30.3 Å². The minimum absolute atomic E-state index is 0.0491. The van der Waals surface area contributed by atoms with Gasteiger partial charge in [0, 0.05) is 16.5 Å².